The number of hydrogen-bond acceptors (Lipinski definition) is 3. The standard InChI is InChI=1S/C15H19NO2S/c17-15(18)14-13-6-2-1-4-11(13)7-8-16(14)12-5-3-9-19-10-12/h1-2,4,6,12,14H,3,5,7-10H2,(H,17,18). The van der Waals surface area contributed by atoms with Crippen molar-refractivity contribution in [2.45, 2.75) is 31.3 Å². The molecule has 0 bridgehead atoms. The van der Waals surface area contributed by atoms with Crippen LogP contribution < -0.4 is 0 Å². The molecule has 1 saturated heterocycles. The Morgan fingerprint density at radius 3 is 2.95 bits per heavy atom. The van der Waals surface area contributed by atoms with Crippen LogP contribution in [-0.2, 0) is 11.2 Å². The molecule has 0 aromatic heterocycles. The lowest BCUT2D eigenvalue weighted by Gasteiger charge is -2.41. The van der Waals surface area contributed by atoms with Crippen LogP contribution >= 0.6 is 11.8 Å². The molecule has 0 saturated carbocycles. The lowest BCUT2D eigenvalue weighted by Crippen LogP contribution is -2.47. The summed E-state index contributed by atoms with van der Waals surface area (Å²) in [7, 11) is 0. The Kier molecular flexibility index (Phi) is 3.80. The van der Waals surface area contributed by atoms with Crippen molar-refractivity contribution in [3.8, 4) is 0 Å². The molecule has 2 aliphatic heterocycles. The van der Waals surface area contributed by atoms with E-state index >= 15 is 0 Å². The molecule has 1 aromatic rings. The highest BCUT2D eigenvalue weighted by atomic mass is 32.2. The van der Waals surface area contributed by atoms with Crippen LogP contribution in [0.2, 0.25) is 0 Å². The van der Waals surface area contributed by atoms with Crippen molar-refractivity contribution in [2.75, 3.05) is 18.1 Å². The largest absolute Gasteiger partial charge is 0.480 e. The van der Waals surface area contributed by atoms with E-state index in [4.69, 9.17) is 0 Å². The minimum absolute atomic E-state index is 0.424. The summed E-state index contributed by atoms with van der Waals surface area (Å²) >= 11 is 1.96. The monoisotopic (exact) mass is 277 g/mol. The zero-order valence-electron chi connectivity index (χ0n) is 10.9. The minimum Gasteiger partial charge on any atom is -0.480 e. The second-order valence-electron chi connectivity index (χ2n) is 5.30. The van der Waals surface area contributed by atoms with Gasteiger partial charge in [0.1, 0.15) is 6.04 Å². The lowest BCUT2D eigenvalue weighted by molar-refractivity contribution is -0.145. The van der Waals surface area contributed by atoms with Crippen molar-refractivity contribution in [3.05, 3.63) is 35.4 Å². The molecule has 3 nitrogen and oxygen atoms in total. The van der Waals surface area contributed by atoms with Crippen molar-refractivity contribution in [1.29, 1.82) is 0 Å². The molecule has 1 aromatic carbocycles. The summed E-state index contributed by atoms with van der Waals surface area (Å²) < 4.78 is 0. The fourth-order valence-electron chi connectivity index (χ4n) is 3.24. The van der Waals surface area contributed by atoms with Gasteiger partial charge in [0.15, 0.2) is 0 Å². The van der Waals surface area contributed by atoms with Crippen molar-refractivity contribution >= 4 is 17.7 Å². The number of thioether (sulfide) groups is 1. The average molecular weight is 277 g/mol. The topological polar surface area (TPSA) is 40.5 Å². The van der Waals surface area contributed by atoms with Crippen LogP contribution in [0, 0.1) is 0 Å². The molecule has 0 amide bonds. The number of carbonyl (C=O) groups is 1. The third-order valence-corrected chi connectivity index (χ3v) is 5.36. The van der Waals surface area contributed by atoms with Gasteiger partial charge in [0, 0.05) is 18.3 Å². The van der Waals surface area contributed by atoms with Gasteiger partial charge in [-0.3, -0.25) is 9.69 Å². The molecule has 102 valence electrons. The van der Waals surface area contributed by atoms with Crippen LogP contribution in [0.3, 0.4) is 0 Å². The molecule has 2 heterocycles. The maximum absolute atomic E-state index is 11.7. The molecule has 2 unspecified atom stereocenters. The molecule has 0 aliphatic carbocycles. The van der Waals surface area contributed by atoms with Crippen molar-refractivity contribution in [3.63, 3.8) is 0 Å². The Bertz CT molecular complexity index is 471. The minimum atomic E-state index is -0.706. The van der Waals surface area contributed by atoms with E-state index in [0.29, 0.717) is 6.04 Å². The van der Waals surface area contributed by atoms with E-state index in [-0.39, 0.29) is 0 Å². The maximum Gasteiger partial charge on any atom is 0.325 e. The van der Waals surface area contributed by atoms with E-state index in [9.17, 15) is 9.90 Å². The van der Waals surface area contributed by atoms with Crippen LogP contribution in [0.4, 0.5) is 0 Å². The SMILES string of the molecule is O=C(O)C1c2ccccc2CCN1C1CCCSC1. The smallest absolute Gasteiger partial charge is 0.325 e. The molecule has 1 fully saturated rings. The summed E-state index contributed by atoms with van der Waals surface area (Å²) in [6.07, 6.45) is 3.32. The first kappa shape index (κ1) is 13.0. The molecule has 1 N–H and O–H groups in total. The highest BCUT2D eigenvalue weighted by molar-refractivity contribution is 7.99. The predicted octanol–water partition coefficient (Wildman–Crippen LogP) is 2.57. The Labute approximate surface area is 118 Å². The van der Waals surface area contributed by atoms with Crippen LogP contribution in [0.5, 0.6) is 0 Å². The van der Waals surface area contributed by atoms with E-state index in [1.807, 2.05) is 30.0 Å². The number of hydrogen-bond donors (Lipinski definition) is 1. The van der Waals surface area contributed by atoms with Gasteiger partial charge in [-0.1, -0.05) is 24.3 Å². The Balaban J connectivity index is 1.91. The zero-order valence-corrected chi connectivity index (χ0v) is 11.7. The lowest BCUT2D eigenvalue weighted by atomic mass is 9.91. The number of carboxylic acids is 1. The number of benzene rings is 1. The van der Waals surface area contributed by atoms with Gasteiger partial charge >= 0.3 is 5.97 Å². The zero-order chi connectivity index (χ0) is 13.2. The molecule has 0 spiro atoms. The summed E-state index contributed by atoms with van der Waals surface area (Å²) in [5.41, 5.74) is 2.20. The maximum atomic E-state index is 11.7. The highest BCUT2D eigenvalue weighted by Gasteiger charge is 2.37. The summed E-state index contributed by atoms with van der Waals surface area (Å²) in [5.74, 6) is 1.59. The second-order valence-corrected chi connectivity index (χ2v) is 6.45. The molecule has 19 heavy (non-hydrogen) atoms. The molecule has 0 radical (unpaired) electrons. The summed E-state index contributed by atoms with van der Waals surface area (Å²) in [4.78, 5) is 13.9. The van der Waals surface area contributed by atoms with Gasteiger partial charge in [0.25, 0.3) is 0 Å². The number of rotatable bonds is 2. The number of fused-ring (bicyclic) bond motifs is 1. The van der Waals surface area contributed by atoms with E-state index < -0.39 is 12.0 Å². The van der Waals surface area contributed by atoms with Crippen LogP contribution in [0.1, 0.15) is 30.0 Å². The van der Waals surface area contributed by atoms with E-state index in [0.717, 1.165) is 30.7 Å². The van der Waals surface area contributed by atoms with Crippen LogP contribution in [-0.4, -0.2) is 40.1 Å². The molecule has 4 heteroatoms. The quantitative estimate of drug-likeness (QED) is 0.902. The third kappa shape index (κ3) is 2.51. The van der Waals surface area contributed by atoms with Gasteiger partial charge in [-0.05, 0) is 36.1 Å². The van der Waals surface area contributed by atoms with E-state index in [1.54, 1.807) is 0 Å². The molecular formula is C15H19NO2S. The third-order valence-electron chi connectivity index (χ3n) is 4.16. The summed E-state index contributed by atoms with van der Waals surface area (Å²) in [5, 5.41) is 9.64. The van der Waals surface area contributed by atoms with Crippen molar-refractivity contribution in [1.82, 2.24) is 4.90 Å². The van der Waals surface area contributed by atoms with E-state index in [1.165, 1.54) is 17.7 Å². The number of carboxylic acid groups (broad SMARTS) is 1. The van der Waals surface area contributed by atoms with Gasteiger partial charge < -0.3 is 5.11 Å². The first-order valence-corrected chi connectivity index (χ1v) is 8.07. The Morgan fingerprint density at radius 1 is 1.37 bits per heavy atom. The first-order valence-electron chi connectivity index (χ1n) is 6.91. The fraction of sp³-hybridized carbons (Fsp3) is 0.533. The highest BCUT2D eigenvalue weighted by Crippen LogP contribution is 2.34. The van der Waals surface area contributed by atoms with Crippen molar-refractivity contribution in [2.24, 2.45) is 0 Å². The summed E-state index contributed by atoms with van der Waals surface area (Å²) in [6.45, 7) is 0.874. The van der Waals surface area contributed by atoms with Crippen LogP contribution in [0.25, 0.3) is 0 Å². The first-order chi connectivity index (χ1) is 9.27. The molecule has 3 rings (SSSR count). The molecular weight excluding hydrogens is 258 g/mol. The fourth-order valence-corrected chi connectivity index (χ4v) is 4.41. The van der Waals surface area contributed by atoms with Gasteiger partial charge in [0.2, 0.25) is 0 Å². The second kappa shape index (κ2) is 5.55. The normalized spacial score (nSPS) is 27.8. The summed E-state index contributed by atoms with van der Waals surface area (Å²) in [6, 6.07) is 7.98. The molecule has 2 aliphatic rings. The van der Waals surface area contributed by atoms with Crippen LogP contribution in [0.15, 0.2) is 24.3 Å². The van der Waals surface area contributed by atoms with Gasteiger partial charge in [-0.2, -0.15) is 11.8 Å². The predicted molar refractivity (Wildman–Crippen MR) is 77.6 cm³/mol. The van der Waals surface area contributed by atoms with Gasteiger partial charge in [0.05, 0.1) is 0 Å². The average Bonchev–Trinajstić information content (AvgIpc) is 2.46. The Morgan fingerprint density at radius 2 is 2.21 bits per heavy atom. The Hall–Kier alpha value is -1.00. The van der Waals surface area contributed by atoms with E-state index in [2.05, 4.69) is 11.0 Å². The van der Waals surface area contributed by atoms with Gasteiger partial charge in [-0.25, -0.2) is 0 Å². The number of nitrogens with zero attached hydrogens (tertiary/aromatic N) is 1. The van der Waals surface area contributed by atoms with Gasteiger partial charge in [-0.15, -0.1) is 0 Å². The van der Waals surface area contributed by atoms with Crippen molar-refractivity contribution < 1.29 is 9.90 Å². The molecule has 2 atom stereocenters. The number of aliphatic carboxylic acids is 1.